The summed E-state index contributed by atoms with van der Waals surface area (Å²) in [5.74, 6) is 0.660. The average molecular weight is 244 g/mol. The average Bonchev–Trinajstić information content (AvgIpc) is 2.71. The van der Waals surface area contributed by atoms with Crippen molar-refractivity contribution in [3.8, 4) is 0 Å². The lowest BCUT2D eigenvalue weighted by molar-refractivity contribution is 0.0929. The first kappa shape index (κ1) is 13.3. The lowest BCUT2D eigenvalue weighted by Crippen LogP contribution is -2.08. The predicted octanol–water partition coefficient (Wildman–Crippen LogP) is 4.79. The minimum atomic E-state index is 0.272. The van der Waals surface area contributed by atoms with Gasteiger partial charge in [0.2, 0.25) is 0 Å². The zero-order valence-electron chi connectivity index (χ0n) is 11.5. The number of unbranched alkanes of at least 4 members (excludes halogenated alkanes) is 5. The summed E-state index contributed by atoms with van der Waals surface area (Å²) in [6, 6.07) is 8.11. The molecule has 0 radical (unpaired) electrons. The van der Waals surface area contributed by atoms with Gasteiger partial charge in [-0.1, -0.05) is 69.7 Å². The van der Waals surface area contributed by atoms with Crippen LogP contribution in [0.3, 0.4) is 0 Å². The molecule has 0 amide bonds. The summed E-state index contributed by atoms with van der Waals surface area (Å²) in [5.41, 5.74) is 2.24. The van der Waals surface area contributed by atoms with Crippen molar-refractivity contribution in [1.82, 2.24) is 0 Å². The van der Waals surface area contributed by atoms with E-state index in [1.165, 1.54) is 44.1 Å². The van der Waals surface area contributed by atoms with Crippen molar-refractivity contribution >= 4 is 5.78 Å². The standard InChI is InChI=1S/C17H24O/c1-2-3-4-5-6-7-11-15-13-14-10-8-9-12-16(14)17(15)18/h8-10,12,15H,2-7,11,13H2,1H3. The number of hydrogen-bond donors (Lipinski definition) is 0. The van der Waals surface area contributed by atoms with Crippen LogP contribution in [0.25, 0.3) is 0 Å². The van der Waals surface area contributed by atoms with Crippen LogP contribution in [0.2, 0.25) is 0 Å². The number of benzene rings is 1. The molecule has 1 aliphatic rings. The van der Waals surface area contributed by atoms with E-state index >= 15 is 0 Å². The summed E-state index contributed by atoms with van der Waals surface area (Å²) < 4.78 is 0. The molecule has 0 bridgehead atoms. The van der Waals surface area contributed by atoms with Gasteiger partial charge in [-0.05, 0) is 18.4 Å². The number of hydrogen-bond acceptors (Lipinski definition) is 1. The summed E-state index contributed by atoms with van der Waals surface area (Å²) in [7, 11) is 0. The van der Waals surface area contributed by atoms with Crippen molar-refractivity contribution < 1.29 is 4.79 Å². The second-order valence-corrected chi connectivity index (χ2v) is 5.48. The van der Waals surface area contributed by atoms with Gasteiger partial charge in [-0.15, -0.1) is 0 Å². The van der Waals surface area contributed by atoms with Gasteiger partial charge in [-0.2, -0.15) is 0 Å². The van der Waals surface area contributed by atoms with Crippen molar-refractivity contribution in [2.45, 2.75) is 58.3 Å². The molecule has 1 unspecified atom stereocenters. The number of carbonyl (C=O) groups excluding carboxylic acids is 1. The first-order chi connectivity index (χ1) is 8.83. The molecular weight excluding hydrogens is 220 g/mol. The van der Waals surface area contributed by atoms with Crippen molar-refractivity contribution in [3.63, 3.8) is 0 Å². The Morgan fingerprint density at radius 2 is 1.78 bits per heavy atom. The predicted molar refractivity (Wildman–Crippen MR) is 76.0 cm³/mol. The van der Waals surface area contributed by atoms with Crippen LogP contribution in [0.5, 0.6) is 0 Å². The lowest BCUT2D eigenvalue weighted by atomic mass is 9.97. The Labute approximate surface area is 111 Å². The summed E-state index contributed by atoms with van der Waals surface area (Å²) >= 11 is 0. The molecule has 0 N–H and O–H groups in total. The Balaban J connectivity index is 1.72. The molecule has 0 aromatic heterocycles. The van der Waals surface area contributed by atoms with Crippen molar-refractivity contribution in [2.24, 2.45) is 5.92 Å². The minimum Gasteiger partial charge on any atom is -0.294 e. The SMILES string of the molecule is CCCCCCCCC1Cc2ccccc2C1=O. The fourth-order valence-electron chi connectivity index (χ4n) is 2.92. The van der Waals surface area contributed by atoms with Crippen LogP contribution in [-0.2, 0) is 6.42 Å². The van der Waals surface area contributed by atoms with Crippen LogP contribution >= 0.6 is 0 Å². The van der Waals surface area contributed by atoms with E-state index in [2.05, 4.69) is 13.0 Å². The van der Waals surface area contributed by atoms with Gasteiger partial charge in [0, 0.05) is 11.5 Å². The first-order valence-electron chi connectivity index (χ1n) is 7.45. The van der Waals surface area contributed by atoms with Crippen molar-refractivity contribution in [2.75, 3.05) is 0 Å². The topological polar surface area (TPSA) is 17.1 Å². The molecule has 0 aliphatic heterocycles. The van der Waals surface area contributed by atoms with E-state index in [1.807, 2.05) is 18.2 Å². The van der Waals surface area contributed by atoms with Gasteiger partial charge < -0.3 is 0 Å². The number of fused-ring (bicyclic) bond motifs is 1. The molecule has 0 spiro atoms. The molecule has 1 aromatic carbocycles. The molecule has 18 heavy (non-hydrogen) atoms. The Morgan fingerprint density at radius 1 is 1.06 bits per heavy atom. The number of Topliss-reactive ketones (excluding diaryl/α,β-unsaturated/α-hetero) is 1. The van der Waals surface area contributed by atoms with E-state index in [4.69, 9.17) is 0 Å². The van der Waals surface area contributed by atoms with Crippen LogP contribution in [-0.4, -0.2) is 5.78 Å². The molecule has 0 saturated heterocycles. The monoisotopic (exact) mass is 244 g/mol. The largest absolute Gasteiger partial charge is 0.294 e. The highest BCUT2D eigenvalue weighted by molar-refractivity contribution is 6.02. The molecule has 1 aromatic rings. The number of ketones is 1. The van der Waals surface area contributed by atoms with Gasteiger partial charge in [0.05, 0.1) is 0 Å². The molecule has 1 atom stereocenters. The van der Waals surface area contributed by atoms with Crippen LogP contribution in [0.15, 0.2) is 24.3 Å². The van der Waals surface area contributed by atoms with Crippen LogP contribution < -0.4 is 0 Å². The summed E-state index contributed by atoms with van der Waals surface area (Å²) in [5, 5.41) is 0. The van der Waals surface area contributed by atoms with Gasteiger partial charge in [-0.3, -0.25) is 4.79 Å². The maximum absolute atomic E-state index is 12.2. The number of rotatable bonds is 7. The van der Waals surface area contributed by atoms with E-state index < -0.39 is 0 Å². The van der Waals surface area contributed by atoms with Crippen LogP contribution in [0.4, 0.5) is 0 Å². The second-order valence-electron chi connectivity index (χ2n) is 5.48. The highest BCUT2D eigenvalue weighted by Crippen LogP contribution is 2.29. The zero-order valence-corrected chi connectivity index (χ0v) is 11.5. The summed E-state index contributed by atoms with van der Waals surface area (Å²) in [4.78, 5) is 12.2. The summed E-state index contributed by atoms with van der Waals surface area (Å²) in [6.07, 6.45) is 9.92. The quantitative estimate of drug-likeness (QED) is 0.630. The molecule has 1 aliphatic carbocycles. The Kier molecular flexibility index (Phi) is 4.98. The first-order valence-corrected chi connectivity index (χ1v) is 7.45. The Morgan fingerprint density at radius 3 is 2.56 bits per heavy atom. The van der Waals surface area contributed by atoms with Gasteiger partial charge >= 0.3 is 0 Å². The Hall–Kier alpha value is -1.11. The van der Waals surface area contributed by atoms with Gasteiger partial charge in [0.25, 0.3) is 0 Å². The molecular formula is C17H24O. The van der Waals surface area contributed by atoms with Crippen molar-refractivity contribution in [1.29, 1.82) is 0 Å². The van der Waals surface area contributed by atoms with Gasteiger partial charge in [0.15, 0.2) is 5.78 Å². The fraction of sp³-hybridized carbons (Fsp3) is 0.588. The molecule has 0 saturated carbocycles. The van der Waals surface area contributed by atoms with E-state index in [1.54, 1.807) is 0 Å². The minimum absolute atomic E-state index is 0.272. The molecule has 2 rings (SSSR count). The van der Waals surface area contributed by atoms with Crippen LogP contribution in [0.1, 0.15) is 67.8 Å². The second kappa shape index (κ2) is 6.72. The highest BCUT2D eigenvalue weighted by atomic mass is 16.1. The zero-order chi connectivity index (χ0) is 12.8. The third-order valence-corrected chi connectivity index (χ3v) is 4.03. The number of carbonyl (C=O) groups is 1. The molecule has 0 fully saturated rings. The third kappa shape index (κ3) is 3.22. The summed E-state index contributed by atoms with van der Waals surface area (Å²) in [6.45, 7) is 2.24. The van der Waals surface area contributed by atoms with E-state index in [0.717, 1.165) is 18.4 Å². The van der Waals surface area contributed by atoms with Gasteiger partial charge in [-0.25, -0.2) is 0 Å². The lowest BCUT2D eigenvalue weighted by Gasteiger charge is -2.07. The Bertz CT molecular complexity index is 394. The highest BCUT2D eigenvalue weighted by Gasteiger charge is 2.29. The maximum atomic E-state index is 12.2. The van der Waals surface area contributed by atoms with E-state index in [0.29, 0.717) is 5.78 Å². The van der Waals surface area contributed by atoms with Crippen molar-refractivity contribution in [3.05, 3.63) is 35.4 Å². The van der Waals surface area contributed by atoms with Crippen LogP contribution in [0, 0.1) is 5.92 Å². The smallest absolute Gasteiger partial charge is 0.166 e. The van der Waals surface area contributed by atoms with E-state index in [-0.39, 0.29) is 5.92 Å². The normalized spacial score (nSPS) is 18.1. The molecule has 1 heteroatoms. The van der Waals surface area contributed by atoms with Gasteiger partial charge in [0.1, 0.15) is 0 Å². The maximum Gasteiger partial charge on any atom is 0.166 e. The molecule has 1 nitrogen and oxygen atoms in total. The third-order valence-electron chi connectivity index (χ3n) is 4.03. The van der Waals surface area contributed by atoms with E-state index in [9.17, 15) is 4.79 Å². The fourth-order valence-corrected chi connectivity index (χ4v) is 2.92. The molecule has 0 heterocycles. The molecule has 98 valence electrons.